The Morgan fingerprint density at radius 1 is 1.33 bits per heavy atom. The Kier molecular flexibility index (Phi) is 5.57. The molecule has 1 aliphatic heterocycles. The van der Waals surface area contributed by atoms with Gasteiger partial charge in [0.1, 0.15) is 0 Å². The van der Waals surface area contributed by atoms with Crippen LogP contribution in [0, 0.1) is 0 Å². The largest absolute Gasteiger partial charge is 0.349 e. The van der Waals surface area contributed by atoms with E-state index in [0.29, 0.717) is 25.3 Å². The molecule has 0 radical (unpaired) electrons. The summed E-state index contributed by atoms with van der Waals surface area (Å²) in [6.07, 6.45) is 1.59. The number of hydrogen-bond acceptors (Lipinski definition) is 3. The molecule has 1 amide bonds. The van der Waals surface area contributed by atoms with Crippen molar-refractivity contribution in [1.82, 2.24) is 9.99 Å². The fourth-order valence-electron chi connectivity index (χ4n) is 2.55. The van der Waals surface area contributed by atoms with Gasteiger partial charge in [0.2, 0.25) is 0 Å². The van der Waals surface area contributed by atoms with Gasteiger partial charge in [-0.1, -0.05) is 18.2 Å². The van der Waals surface area contributed by atoms with Gasteiger partial charge in [-0.2, -0.15) is 0 Å². The Hall–Kier alpha value is -1.16. The molecule has 6 heteroatoms. The molecule has 2 rings (SSSR count). The number of nitrogens with zero attached hydrogens (tertiary/aromatic N) is 1. The van der Waals surface area contributed by atoms with Gasteiger partial charge in [0.25, 0.3) is 13.4 Å². The van der Waals surface area contributed by atoms with E-state index < -0.39 is 7.52 Å². The summed E-state index contributed by atoms with van der Waals surface area (Å²) in [6, 6.07) is 9.34. The zero-order chi connectivity index (χ0) is 15.3. The van der Waals surface area contributed by atoms with E-state index in [0.717, 1.165) is 12.8 Å². The molecule has 1 unspecified atom stereocenters. The third-order valence-electron chi connectivity index (χ3n) is 3.72. The van der Waals surface area contributed by atoms with Crippen LogP contribution in [-0.2, 0) is 9.09 Å². The van der Waals surface area contributed by atoms with Crippen LogP contribution in [0.2, 0.25) is 0 Å². The smallest absolute Gasteiger partial charge is 0.269 e. The summed E-state index contributed by atoms with van der Waals surface area (Å²) in [5.74, 6) is -0.0430. The number of benzene rings is 1. The lowest BCUT2D eigenvalue weighted by atomic mass is 10.1. The quantitative estimate of drug-likeness (QED) is 0.850. The minimum absolute atomic E-state index is 0.0430. The molecule has 1 atom stereocenters. The van der Waals surface area contributed by atoms with Gasteiger partial charge in [-0.05, 0) is 31.9 Å². The second kappa shape index (κ2) is 7.21. The van der Waals surface area contributed by atoms with E-state index in [4.69, 9.17) is 4.52 Å². The number of amides is 1. The molecule has 1 saturated heterocycles. The maximum absolute atomic E-state index is 12.3. The predicted octanol–water partition coefficient (Wildman–Crippen LogP) is 2.74. The Morgan fingerprint density at radius 2 is 1.95 bits per heavy atom. The third kappa shape index (κ3) is 4.40. The third-order valence-corrected chi connectivity index (χ3v) is 5.89. The number of carbonyl (C=O) groups excluding carboxylic acids is 1. The SMILES string of the molecule is CCOP(C)(=O)N1CCC(NC(=O)c2ccccc2)CC1. The summed E-state index contributed by atoms with van der Waals surface area (Å²) in [5.41, 5.74) is 0.676. The minimum Gasteiger partial charge on any atom is -0.349 e. The topological polar surface area (TPSA) is 58.6 Å². The summed E-state index contributed by atoms with van der Waals surface area (Å²) in [7, 11) is -2.67. The van der Waals surface area contributed by atoms with Gasteiger partial charge >= 0.3 is 0 Å². The summed E-state index contributed by atoms with van der Waals surface area (Å²) >= 11 is 0. The van der Waals surface area contributed by atoms with E-state index >= 15 is 0 Å². The molecule has 1 aromatic rings. The highest BCUT2D eigenvalue weighted by Gasteiger charge is 2.30. The molecule has 5 nitrogen and oxygen atoms in total. The van der Waals surface area contributed by atoms with Gasteiger partial charge in [0.15, 0.2) is 0 Å². The molecular weight excluding hydrogens is 287 g/mol. The van der Waals surface area contributed by atoms with E-state index in [-0.39, 0.29) is 11.9 Å². The number of hydrogen-bond donors (Lipinski definition) is 1. The predicted molar refractivity (Wildman–Crippen MR) is 83.7 cm³/mol. The van der Waals surface area contributed by atoms with Crippen molar-refractivity contribution in [3.05, 3.63) is 35.9 Å². The lowest BCUT2D eigenvalue weighted by Gasteiger charge is -2.35. The minimum atomic E-state index is -2.67. The van der Waals surface area contributed by atoms with Crippen LogP contribution in [-0.4, -0.2) is 43.0 Å². The summed E-state index contributed by atoms with van der Waals surface area (Å²) < 4.78 is 19.6. The molecule has 1 aromatic carbocycles. The Bertz CT molecular complexity index is 513. The van der Waals surface area contributed by atoms with Crippen LogP contribution < -0.4 is 5.32 Å². The number of piperidine rings is 1. The van der Waals surface area contributed by atoms with Crippen LogP contribution in [0.5, 0.6) is 0 Å². The second-order valence-corrected chi connectivity index (χ2v) is 7.72. The van der Waals surface area contributed by atoms with Crippen LogP contribution in [0.4, 0.5) is 0 Å². The monoisotopic (exact) mass is 310 g/mol. The highest BCUT2D eigenvalue weighted by molar-refractivity contribution is 7.55. The van der Waals surface area contributed by atoms with Crippen LogP contribution >= 0.6 is 7.52 Å². The van der Waals surface area contributed by atoms with E-state index in [1.54, 1.807) is 18.8 Å². The van der Waals surface area contributed by atoms with Crippen molar-refractivity contribution in [3.63, 3.8) is 0 Å². The molecule has 0 aromatic heterocycles. The molecule has 1 aliphatic rings. The van der Waals surface area contributed by atoms with E-state index in [2.05, 4.69) is 5.32 Å². The first-order valence-electron chi connectivity index (χ1n) is 7.36. The van der Waals surface area contributed by atoms with Crippen molar-refractivity contribution in [2.24, 2.45) is 0 Å². The Labute approximate surface area is 126 Å². The molecule has 116 valence electrons. The summed E-state index contributed by atoms with van der Waals surface area (Å²) in [4.78, 5) is 12.1. The van der Waals surface area contributed by atoms with Gasteiger partial charge in [0, 0.05) is 31.4 Å². The Morgan fingerprint density at radius 3 is 2.52 bits per heavy atom. The molecule has 1 N–H and O–H groups in total. The number of rotatable bonds is 5. The lowest BCUT2D eigenvalue weighted by Crippen LogP contribution is -2.43. The highest BCUT2D eigenvalue weighted by atomic mass is 31.2. The van der Waals surface area contributed by atoms with E-state index in [1.165, 1.54) is 0 Å². The molecule has 0 spiro atoms. The van der Waals surface area contributed by atoms with Crippen LogP contribution in [0.25, 0.3) is 0 Å². The average molecular weight is 310 g/mol. The zero-order valence-corrected chi connectivity index (χ0v) is 13.5. The van der Waals surface area contributed by atoms with E-state index in [9.17, 15) is 9.36 Å². The number of carbonyl (C=O) groups is 1. The van der Waals surface area contributed by atoms with Crippen LogP contribution in [0.3, 0.4) is 0 Å². The fraction of sp³-hybridized carbons (Fsp3) is 0.533. The number of nitrogens with one attached hydrogen (secondary N) is 1. The lowest BCUT2D eigenvalue weighted by molar-refractivity contribution is 0.0922. The molecule has 0 aliphatic carbocycles. The molecule has 1 heterocycles. The fourth-order valence-corrected chi connectivity index (χ4v) is 4.15. The summed E-state index contributed by atoms with van der Waals surface area (Å²) in [6.45, 7) is 5.35. The maximum Gasteiger partial charge on any atom is 0.269 e. The first-order chi connectivity index (χ1) is 10.0. The average Bonchev–Trinajstić information content (AvgIpc) is 2.48. The van der Waals surface area contributed by atoms with Crippen molar-refractivity contribution in [2.45, 2.75) is 25.8 Å². The standard InChI is InChI=1S/C15H23N2O3P/c1-3-20-21(2,19)17-11-9-14(10-12-17)16-15(18)13-7-5-4-6-8-13/h4-8,14H,3,9-12H2,1-2H3,(H,16,18). The Balaban J connectivity index is 1.85. The van der Waals surface area contributed by atoms with Gasteiger partial charge in [0.05, 0.1) is 6.61 Å². The van der Waals surface area contributed by atoms with Crippen molar-refractivity contribution < 1.29 is 13.9 Å². The molecular formula is C15H23N2O3P. The van der Waals surface area contributed by atoms with Crippen molar-refractivity contribution >= 4 is 13.4 Å². The molecule has 1 fully saturated rings. The van der Waals surface area contributed by atoms with Gasteiger partial charge in [-0.25, -0.2) is 4.67 Å². The van der Waals surface area contributed by atoms with Crippen LogP contribution in [0.1, 0.15) is 30.1 Å². The molecule has 21 heavy (non-hydrogen) atoms. The maximum atomic E-state index is 12.3. The molecule has 0 bridgehead atoms. The second-order valence-electron chi connectivity index (χ2n) is 5.29. The van der Waals surface area contributed by atoms with Crippen molar-refractivity contribution in [3.8, 4) is 0 Å². The van der Waals surface area contributed by atoms with Crippen molar-refractivity contribution in [2.75, 3.05) is 26.4 Å². The molecule has 0 saturated carbocycles. The zero-order valence-electron chi connectivity index (χ0n) is 12.6. The first-order valence-corrected chi connectivity index (χ1v) is 9.39. The first kappa shape index (κ1) is 16.2. The van der Waals surface area contributed by atoms with Crippen LogP contribution in [0.15, 0.2) is 30.3 Å². The van der Waals surface area contributed by atoms with Gasteiger partial charge < -0.3 is 9.84 Å². The normalized spacial score (nSPS) is 19.9. The van der Waals surface area contributed by atoms with Gasteiger partial charge in [-0.3, -0.25) is 9.36 Å². The van der Waals surface area contributed by atoms with Gasteiger partial charge in [-0.15, -0.1) is 0 Å². The van der Waals surface area contributed by atoms with Crippen molar-refractivity contribution in [1.29, 1.82) is 0 Å². The highest BCUT2D eigenvalue weighted by Crippen LogP contribution is 2.47. The summed E-state index contributed by atoms with van der Waals surface area (Å²) in [5, 5.41) is 3.04. The van der Waals surface area contributed by atoms with E-state index in [1.807, 2.05) is 29.8 Å².